The number of furan rings is 1. The van der Waals surface area contributed by atoms with Crippen molar-refractivity contribution in [3.05, 3.63) is 23.7 Å². The highest BCUT2D eigenvalue weighted by molar-refractivity contribution is 5.24. The quantitative estimate of drug-likeness (QED) is 0.805. The highest BCUT2D eigenvalue weighted by atomic mass is 16.3. The van der Waals surface area contributed by atoms with Crippen LogP contribution < -0.4 is 5.32 Å². The average Bonchev–Trinajstić information content (AvgIpc) is 2.77. The predicted molar refractivity (Wildman–Crippen MR) is 75.7 cm³/mol. The van der Waals surface area contributed by atoms with Gasteiger partial charge in [0, 0.05) is 24.1 Å². The molecule has 1 aromatic rings. The second-order valence-corrected chi connectivity index (χ2v) is 6.14. The van der Waals surface area contributed by atoms with Crippen molar-refractivity contribution in [2.45, 2.75) is 71.4 Å². The number of aryl methyl sites for hydroxylation is 1. The summed E-state index contributed by atoms with van der Waals surface area (Å²) >= 11 is 0. The summed E-state index contributed by atoms with van der Waals surface area (Å²) in [6.45, 7) is 6.92. The van der Waals surface area contributed by atoms with E-state index in [9.17, 15) is 0 Å². The Balaban J connectivity index is 1.80. The van der Waals surface area contributed by atoms with Gasteiger partial charge in [0.2, 0.25) is 0 Å². The minimum atomic E-state index is 0.515. The fourth-order valence-corrected chi connectivity index (χ4v) is 2.92. The van der Waals surface area contributed by atoms with Gasteiger partial charge in [0.25, 0.3) is 0 Å². The van der Waals surface area contributed by atoms with E-state index in [1.54, 1.807) is 0 Å². The largest absolute Gasteiger partial charge is 0.469 e. The van der Waals surface area contributed by atoms with E-state index >= 15 is 0 Å². The molecule has 1 N–H and O–H groups in total. The molecule has 2 atom stereocenters. The van der Waals surface area contributed by atoms with Crippen LogP contribution in [0.5, 0.6) is 0 Å². The Morgan fingerprint density at radius 3 is 2.94 bits per heavy atom. The van der Waals surface area contributed by atoms with Crippen molar-refractivity contribution in [2.75, 3.05) is 0 Å². The lowest BCUT2D eigenvalue weighted by molar-refractivity contribution is 0.363. The number of hydrogen-bond acceptors (Lipinski definition) is 2. The smallest absolute Gasteiger partial charge is 0.108 e. The molecule has 0 saturated carbocycles. The molecule has 1 aliphatic carbocycles. The van der Waals surface area contributed by atoms with E-state index in [1.165, 1.54) is 43.4 Å². The third-order valence-electron chi connectivity index (χ3n) is 3.96. The zero-order valence-corrected chi connectivity index (χ0v) is 12.0. The van der Waals surface area contributed by atoms with E-state index in [4.69, 9.17) is 4.42 Å². The normalized spacial score (nSPS) is 21.0. The third-order valence-corrected chi connectivity index (χ3v) is 3.96. The van der Waals surface area contributed by atoms with Crippen molar-refractivity contribution in [3.63, 3.8) is 0 Å². The molecule has 1 aromatic heterocycles. The zero-order chi connectivity index (χ0) is 13.0. The third kappa shape index (κ3) is 3.61. The predicted octanol–water partition coefficient (Wildman–Crippen LogP) is 4.46. The topological polar surface area (TPSA) is 25.2 Å². The number of fused-ring (bicyclic) bond motifs is 1. The molecule has 18 heavy (non-hydrogen) atoms. The molecule has 0 radical (unpaired) electrons. The maximum absolute atomic E-state index is 5.54. The first-order valence-corrected chi connectivity index (χ1v) is 7.49. The Morgan fingerprint density at radius 1 is 1.33 bits per heavy atom. The Hall–Kier alpha value is -0.760. The van der Waals surface area contributed by atoms with Gasteiger partial charge in [-0.1, -0.05) is 26.7 Å². The van der Waals surface area contributed by atoms with Crippen molar-refractivity contribution >= 4 is 0 Å². The summed E-state index contributed by atoms with van der Waals surface area (Å²) < 4.78 is 5.54. The van der Waals surface area contributed by atoms with Gasteiger partial charge in [-0.05, 0) is 38.2 Å². The van der Waals surface area contributed by atoms with Crippen LogP contribution in [0.15, 0.2) is 16.7 Å². The van der Waals surface area contributed by atoms with Crippen molar-refractivity contribution in [2.24, 2.45) is 5.92 Å². The first-order chi connectivity index (χ1) is 8.66. The fourth-order valence-electron chi connectivity index (χ4n) is 2.92. The number of rotatable bonds is 6. The van der Waals surface area contributed by atoms with Crippen molar-refractivity contribution in [3.8, 4) is 0 Å². The summed E-state index contributed by atoms with van der Waals surface area (Å²) in [5.41, 5.74) is 1.40. The van der Waals surface area contributed by atoms with Gasteiger partial charge in [-0.2, -0.15) is 0 Å². The first kappa shape index (κ1) is 13.7. The Labute approximate surface area is 111 Å². The SMILES string of the molecule is CC(C)CCCC(C)NC1CCCc2occc21. The van der Waals surface area contributed by atoms with Gasteiger partial charge in [-0.3, -0.25) is 0 Å². The van der Waals surface area contributed by atoms with E-state index in [0.717, 1.165) is 12.3 Å². The van der Waals surface area contributed by atoms with Crippen LogP contribution in [0, 0.1) is 5.92 Å². The second kappa shape index (κ2) is 6.42. The lowest BCUT2D eigenvalue weighted by atomic mass is 9.92. The van der Waals surface area contributed by atoms with Crippen LogP contribution in [-0.4, -0.2) is 6.04 Å². The second-order valence-electron chi connectivity index (χ2n) is 6.14. The lowest BCUT2D eigenvalue weighted by Crippen LogP contribution is -2.32. The van der Waals surface area contributed by atoms with Gasteiger partial charge in [-0.25, -0.2) is 0 Å². The molecule has 102 valence electrons. The standard InChI is InChI=1S/C16H27NO/c1-12(2)6-4-7-13(3)17-15-8-5-9-16-14(15)10-11-18-16/h10-13,15,17H,4-9H2,1-3H3. The van der Waals surface area contributed by atoms with Crippen LogP contribution in [0.25, 0.3) is 0 Å². The van der Waals surface area contributed by atoms with Gasteiger partial charge in [0.1, 0.15) is 5.76 Å². The maximum Gasteiger partial charge on any atom is 0.108 e. The van der Waals surface area contributed by atoms with Gasteiger partial charge in [0.15, 0.2) is 0 Å². The van der Waals surface area contributed by atoms with Gasteiger partial charge in [0.05, 0.1) is 6.26 Å². The van der Waals surface area contributed by atoms with E-state index < -0.39 is 0 Å². The molecule has 0 fully saturated rings. The molecule has 2 nitrogen and oxygen atoms in total. The van der Waals surface area contributed by atoms with Gasteiger partial charge < -0.3 is 9.73 Å². The molecule has 0 bridgehead atoms. The van der Waals surface area contributed by atoms with Gasteiger partial charge >= 0.3 is 0 Å². The Kier molecular flexibility index (Phi) is 4.87. The van der Waals surface area contributed by atoms with Crippen LogP contribution in [0.1, 0.15) is 70.2 Å². The maximum atomic E-state index is 5.54. The summed E-state index contributed by atoms with van der Waals surface area (Å²) in [6, 6.07) is 3.27. The minimum Gasteiger partial charge on any atom is -0.469 e. The monoisotopic (exact) mass is 249 g/mol. The van der Waals surface area contributed by atoms with Crippen molar-refractivity contribution < 1.29 is 4.42 Å². The molecule has 2 heteroatoms. The zero-order valence-electron chi connectivity index (χ0n) is 12.0. The van der Waals surface area contributed by atoms with Crippen molar-refractivity contribution in [1.29, 1.82) is 0 Å². The molecule has 0 aromatic carbocycles. The first-order valence-electron chi connectivity index (χ1n) is 7.49. The van der Waals surface area contributed by atoms with Crippen LogP contribution >= 0.6 is 0 Å². The lowest BCUT2D eigenvalue weighted by Gasteiger charge is -2.26. The van der Waals surface area contributed by atoms with E-state index in [-0.39, 0.29) is 0 Å². The molecule has 1 heterocycles. The number of hydrogen-bond donors (Lipinski definition) is 1. The van der Waals surface area contributed by atoms with Crippen LogP contribution in [0.4, 0.5) is 0 Å². The van der Waals surface area contributed by atoms with Crippen LogP contribution in [0.2, 0.25) is 0 Å². The minimum absolute atomic E-state index is 0.515. The average molecular weight is 249 g/mol. The summed E-state index contributed by atoms with van der Waals surface area (Å²) in [5, 5.41) is 3.77. The molecule has 2 unspecified atom stereocenters. The van der Waals surface area contributed by atoms with Crippen LogP contribution in [-0.2, 0) is 6.42 Å². The fraction of sp³-hybridized carbons (Fsp3) is 0.750. The highest BCUT2D eigenvalue weighted by Crippen LogP contribution is 2.31. The van der Waals surface area contributed by atoms with E-state index in [1.807, 2.05) is 6.26 Å². The van der Waals surface area contributed by atoms with E-state index in [0.29, 0.717) is 12.1 Å². The van der Waals surface area contributed by atoms with E-state index in [2.05, 4.69) is 32.2 Å². The Morgan fingerprint density at radius 2 is 2.17 bits per heavy atom. The molecule has 0 amide bonds. The Bertz CT molecular complexity index is 356. The molecule has 0 aliphatic heterocycles. The molecule has 0 saturated heterocycles. The summed E-state index contributed by atoms with van der Waals surface area (Å²) in [7, 11) is 0. The number of nitrogens with one attached hydrogen (secondary N) is 1. The highest BCUT2D eigenvalue weighted by Gasteiger charge is 2.23. The van der Waals surface area contributed by atoms with Crippen LogP contribution in [0.3, 0.4) is 0 Å². The summed E-state index contributed by atoms with van der Waals surface area (Å²) in [4.78, 5) is 0. The summed E-state index contributed by atoms with van der Waals surface area (Å²) in [5.74, 6) is 2.03. The van der Waals surface area contributed by atoms with Crippen molar-refractivity contribution in [1.82, 2.24) is 5.32 Å². The molecule has 0 spiro atoms. The molecule has 1 aliphatic rings. The van der Waals surface area contributed by atoms with Gasteiger partial charge in [-0.15, -0.1) is 0 Å². The molecular formula is C16H27NO. The molecule has 2 rings (SSSR count). The summed E-state index contributed by atoms with van der Waals surface area (Å²) in [6.07, 6.45) is 9.40. The molecular weight excluding hydrogens is 222 g/mol.